The van der Waals surface area contributed by atoms with E-state index in [4.69, 9.17) is 0 Å². The highest BCUT2D eigenvalue weighted by Crippen LogP contribution is 2.29. The fourth-order valence-corrected chi connectivity index (χ4v) is 2.53. The molecule has 0 amide bonds. The van der Waals surface area contributed by atoms with E-state index in [1.807, 2.05) is 6.07 Å². The van der Waals surface area contributed by atoms with Gasteiger partial charge in [-0.3, -0.25) is 0 Å². The second-order valence-corrected chi connectivity index (χ2v) is 4.13. The van der Waals surface area contributed by atoms with Crippen molar-refractivity contribution < 1.29 is 4.39 Å². The van der Waals surface area contributed by atoms with E-state index in [2.05, 4.69) is 10.2 Å². The SMILES string of the molecule is Fc1cccc(N2C[C@H]3C[C@@H]2CN3)c1. The van der Waals surface area contributed by atoms with Crippen LogP contribution >= 0.6 is 0 Å². The molecule has 0 spiro atoms. The van der Waals surface area contributed by atoms with Gasteiger partial charge in [-0.05, 0) is 24.6 Å². The first-order valence-electron chi connectivity index (χ1n) is 5.08. The standard InChI is InChI=1S/C11H13FN2/c12-8-2-1-3-10(4-8)14-7-9-5-11(14)6-13-9/h1-4,9,11,13H,5-7H2/t9-,11-/m1/s1. The number of hydrogen-bond donors (Lipinski definition) is 1. The quantitative estimate of drug-likeness (QED) is 0.723. The van der Waals surface area contributed by atoms with E-state index < -0.39 is 0 Å². The number of rotatable bonds is 1. The van der Waals surface area contributed by atoms with Gasteiger partial charge < -0.3 is 10.2 Å². The first-order chi connectivity index (χ1) is 6.83. The third-order valence-corrected chi connectivity index (χ3v) is 3.20. The fourth-order valence-electron chi connectivity index (χ4n) is 2.53. The maximum absolute atomic E-state index is 13.0. The molecular weight excluding hydrogens is 179 g/mol. The van der Waals surface area contributed by atoms with Crippen LogP contribution in [-0.2, 0) is 0 Å². The van der Waals surface area contributed by atoms with Gasteiger partial charge in [-0.2, -0.15) is 0 Å². The Morgan fingerprint density at radius 2 is 2.36 bits per heavy atom. The molecular formula is C11H13FN2. The van der Waals surface area contributed by atoms with Crippen LogP contribution in [0.2, 0.25) is 0 Å². The summed E-state index contributed by atoms with van der Waals surface area (Å²) in [5, 5.41) is 3.43. The Bertz CT molecular complexity index is 353. The van der Waals surface area contributed by atoms with Crippen molar-refractivity contribution in [3.05, 3.63) is 30.1 Å². The minimum absolute atomic E-state index is 0.141. The van der Waals surface area contributed by atoms with Crippen LogP contribution in [0.15, 0.2) is 24.3 Å². The lowest BCUT2D eigenvalue weighted by atomic mass is 10.2. The van der Waals surface area contributed by atoms with Crippen molar-refractivity contribution in [3.8, 4) is 0 Å². The van der Waals surface area contributed by atoms with Crippen LogP contribution in [0.5, 0.6) is 0 Å². The number of nitrogens with one attached hydrogen (secondary N) is 1. The summed E-state index contributed by atoms with van der Waals surface area (Å²) in [6, 6.07) is 8.08. The number of halogens is 1. The molecule has 2 atom stereocenters. The summed E-state index contributed by atoms with van der Waals surface area (Å²) in [5.74, 6) is -0.141. The van der Waals surface area contributed by atoms with Gasteiger partial charge in [-0.1, -0.05) is 6.07 Å². The largest absolute Gasteiger partial charge is 0.366 e. The maximum atomic E-state index is 13.0. The summed E-state index contributed by atoms with van der Waals surface area (Å²) in [6.07, 6.45) is 1.20. The predicted molar refractivity (Wildman–Crippen MR) is 53.9 cm³/mol. The Hall–Kier alpha value is -1.09. The molecule has 2 bridgehead atoms. The van der Waals surface area contributed by atoms with Gasteiger partial charge in [0.1, 0.15) is 5.82 Å². The Balaban J connectivity index is 1.89. The van der Waals surface area contributed by atoms with Crippen LogP contribution in [0.25, 0.3) is 0 Å². The molecule has 1 N–H and O–H groups in total. The summed E-state index contributed by atoms with van der Waals surface area (Å²) >= 11 is 0. The minimum atomic E-state index is -0.141. The van der Waals surface area contributed by atoms with E-state index in [1.165, 1.54) is 12.5 Å². The van der Waals surface area contributed by atoms with Gasteiger partial charge >= 0.3 is 0 Å². The van der Waals surface area contributed by atoms with E-state index in [0.717, 1.165) is 18.8 Å². The Morgan fingerprint density at radius 3 is 3.00 bits per heavy atom. The molecule has 0 aliphatic carbocycles. The second kappa shape index (κ2) is 2.95. The summed E-state index contributed by atoms with van der Waals surface area (Å²) in [5.41, 5.74) is 1.03. The molecule has 1 aromatic carbocycles. The molecule has 1 aromatic rings. The number of anilines is 1. The molecule has 0 radical (unpaired) electrons. The average Bonchev–Trinajstić information content (AvgIpc) is 2.78. The van der Waals surface area contributed by atoms with E-state index in [1.54, 1.807) is 12.1 Å². The predicted octanol–water partition coefficient (Wildman–Crippen LogP) is 1.38. The Morgan fingerprint density at radius 1 is 1.43 bits per heavy atom. The van der Waals surface area contributed by atoms with Crippen LogP contribution in [0.4, 0.5) is 10.1 Å². The van der Waals surface area contributed by atoms with Crippen molar-refractivity contribution >= 4 is 5.69 Å². The summed E-state index contributed by atoms with van der Waals surface area (Å²) in [6.45, 7) is 2.06. The number of piperazine rings is 1. The molecule has 2 heterocycles. The second-order valence-electron chi connectivity index (χ2n) is 4.13. The summed E-state index contributed by atoms with van der Waals surface area (Å²) < 4.78 is 13.0. The van der Waals surface area contributed by atoms with Crippen molar-refractivity contribution in [2.45, 2.75) is 18.5 Å². The number of benzene rings is 1. The highest BCUT2D eigenvalue weighted by molar-refractivity contribution is 5.50. The smallest absolute Gasteiger partial charge is 0.125 e. The number of nitrogens with zero attached hydrogens (tertiary/aromatic N) is 1. The molecule has 2 fully saturated rings. The first-order valence-corrected chi connectivity index (χ1v) is 5.08. The van der Waals surface area contributed by atoms with Crippen LogP contribution in [0.3, 0.4) is 0 Å². The van der Waals surface area contributed by atoms with Crippen LogP contribution in [-0.4, -0.2) is 25.2 Å². The molecule has 2 aliphatic rings. The number of hydrogen-bond acceptors (Lipinski definition) is 2. The van der Waals surface area contributed by atoms with Crippen molar-refractivity contribution in [2.75, 3.05) is 18.0 Å². The molecule has 0 unspecified atom stereocenters. The normalized spacial score (nSPS) is 29.9. The summed E-state index contributed by atoms with van der Waals surface area (Å²) in [7, 11) is 0. The highest BCUT2D eigenvalue weighted by Gasteiger charge is 2.37. The van der Waals surface area contributed by atoms with E-state index >= 15 is 0 Å². The lowest BCUT2D eigenvalue weighted by Crippen LogP contribution is -2.43. The summed E-state index contributed by atoms with van der Waals surface area (Å²) in [4.78, 5) is 2.31. The molecule has 0 saturated carbocycles. The molecule has 14 heavy (non-hydrogen) atoms. The van der Waals surface area contributed by atoms with Crippen LogP contribution in [0, 0.1) is 5.82 Å². The van der Waals surface area contributed by atoms with Crippen molar-refractivity contribution in [1.82, 2.24) is 5.32 Å². The Labute approximate surface area is 82.7 Å². The molecule has 74 valence electrons. The van der Waals surface area contributed by atoms with Gasteiger partial charge in [-0.25, -0.2) is 4.39 Å². The zero-order valence-electron chi connectivity index (χ0n) is 7.91. The van der Waals surface area contributed by atoms with Crippen LogP contribution < -0.4 is 10.2 Å². The molecule has 2 saturated heterocycles. The van der Waals surface area contributed by atoms with Crippen molar-refractivity contribution in [3.63, 3.8) is 0 Å². The van der Waals surface area contributed by atoms with Gasteiger partial charge in [0, 0.05) is 30.9 Å². The van der Waals surface area contributed by atoms with Crippen LogP contribution in [0.1, 0.15) is 6.42 Å². The highest BCUT2D eigenvalue weighted by atomic mass is 19.1. The average molecular weight is 192 g/mol. The maximum Gasteiger partial charge on any atom is 0.125 e. The molecule has 2 nitrogen and oxygen atoms in total. The zero-order chi connectivity index (χ0) is 9.54. The van der Waals surface area contributed by atoms with Crippen molar-refractivity contribution in [2.24, 2.45) is 0 Å². The third-order valence-electron chi connectivity index (χ3n) is 3.20. The van der Waals surface area contributed by atoms with Crippen molar-refractivity contribution in [1.29, 1.82) is 0 Å². The zero-order valence-corrected chi connectivity index (χ0v) is 7.91. The van der Waals surface area contributed by atoms with Gasteiger partial charge in [0.15, 0.2) is 0 Å². The van der Waals surface area contributed by atoms with E-state index in [0.29, 0.717) is 12.1 Å². The van der Waals surface area contributed by atoms with Gasteiger partial charge in [-0.15, -0.1) is 0 Å². The van der Waals surface area contributed by atoms with Gasteiger partial charge in [0.25, 0.3) is 0 Å². The first kappa shape index (κ1) is 8.24. The Kier molecular flexibility index (Phi) is 1.74. The lowest BCUT2D eigenvalue weighted by molar-refractivity contribution is 0.577. The minimum Gasteiger partial charge on any atom is -0.366 e. The third kappa shape index (κ3) is 1.20. The van der Waals surface area contributed by atoms with E-state index in [9.17, 15) is 4.39 Å². The topological polar surface area (TPSA) is 15.3 Å². The fraction of sp³-hybridized carbons (Fsp3) is 0.455. The number of fused-ring (bicyclic) bond motifs is 2. The molecule has 2 aliphatic heterocycles. The van der Waals surface area contributed by atoms with E-state index in [-0.39, 0.29) is 5.82 Å². The monoisotopic (exact) mass is 192 g/mol. The lowest BCUT2D eigenvalue weighted by Gasteiger charge is -2.29. The molecule has 3 heteroatoms. The van der Waals surface area contributed by atoms with Gasteiger partial charge in [0.05, 0.1) is 0 Å². The molecule has 0 aromatic heterocycles. The molecule has 3 rings (SSSR count). The van der Waals surface area contributed by atoms with Gasteiger partial charge in [0.2, 0.25) is 0 Å².